The van der Waals surface area contributed by atoms with Crippen LogP contribution < -0.4 is 10.6 Å². The lowest BCUT2D eigenvalue weighted by molar-refractivity contribution is -0.130. The van der Waals surface area contributed by atoms with Gasteiger partial charge in [-0.2, -0.15) is 0 Å². The average Bonchev–Trinajstić information content (AvgIpc) is 2.67. The Bertz CT molecular complexity index is 473. The van der Waals surface area contributed by atoms with Gasteiger partial charge in [0.25, 0.3) is 0 Å². The lowest BCUT2D eigenvalue weighted by Gasteiger charge is -2.35. The Morgan fingerprint density at radius 1 is 1.11 bits per heavy atom. The lowest BCUT2D eigenvalue weighted by Crippen LogP contribution is -2.50. The second-order valence-corrected chi connectivity index (χ2v) is 7.98. The van der Waals surface area contributed by atoms with E-state index in [0.29, 0.717) is 18.6 Å². The Kier molecular flexibility index (Phi) is 9.34. The molecule has 1 unspecified atom stereocenters. The number of amides is 1. The molecule has 0 aromatic carbocycles. The van der Waals surface area contributed by atoms with Crippen molar-refractivity contribution in [2.75, 3.05) is 59.9 Å². The number of likely N-dealkylation sites (tertiary alicyclic amines) is 2. The number of hydrogen-bond donors (Lipinski definition) is 2. The van der Waals surface area contributed by atoms with Gasteiger partial charge in [0.1, 0.15) is 0 Å². The van der Waals surface area contributed by atoms with E-state index in [1.54, 1.807) is 4.90 Å². The number of hydrogen-bond acceptors (Lipinski definition) is 4. The highest BCUT2D eigenvalue weighted by Gasteiger charge is 2.23. The predicted octanol–water partition coefficient (Wildman–Crippen LogP) is 0.969. The van der Waals surface area contributed by atoms with Crippen molar-refractivity contribution in [1.82, 2.24) is 25.3 Å². The van der Waals surface area contributed by atoms with Gasteiger partial charge in [-0.3, -0.25) is 19.6 Å². The molecule has 0 aliphatic carbocycles. The standard InChI is InChI=1S/C20H40N6O/c1-5-21-20(22-15-18-9-7-8-12-26(18)6-2)23-17-10-13-25(14-11-17)16-19(27)24(3)4/h17-18H,5-16H2,1-4H3,(H2,21,22,23). The average molecular weight is 381 g/mol. The maximum Gasteiger partial charge on any atom is 0.236 e. The molecule has 0 spiro atoms. The summed E-state index contributed by atoms with van der Waals surface area (Å²) < 4.78 is 0. The molecule has 2 N–H and O–H groups in total. The van der Waals surface area contributed by atoms with Crippen molar-refractivity contribution >= 4 is 11.9 Å². The molecule has 0 aromatic rings. The van der Waals surface area contributed by atoms with Gasteiger partial charge >= 0.3 is 0 Å². The Morgan fingerprint density at radius 2 is 1.85 bits per heavy atom. The molecular formula is C20H40N6O. The van der Waals surface area contributed by atoms with Crippen LogP contribution >= 0.6 is 0 Å². The van der Waals surface area contributed by atoms with Gasteiger partial charge in [-0.15, -0.1) is 0 Å². The van der Waals surface area contributed by atoms with Crippen LogP contribution in [0.3, 0.4) is 0 Å². The van der Waals surface area contributed by atoms with Crippen molar-refractivity contribution in [1.29, 1.82) is 0 Å². The minimum absolute atomic E-state index is 0.185. The smallest absolute Gasteiger partial charge is 0.236 e. The summed E-state index contributed by atoms with van der Waals surface area (Å²) in [6.45, 7) is 10.9. The number of likely N-dealkylation sites (N-methyl/N-ethyl adjacent to an activating group) is 2. The van der Waals surface area contributed by atoms with E-state index in [1.807, 2.05) is 14.1 Å². The van der Waals surface area contributed by atoms with Gasteiger partial charge in [0.15, 0.2) is 5.96 Å². The summed E-state index contributed by atoms with van der Waals surface area (Å²) in [6.07, 6.45) is 6.01. The zero-order chi connectivity index (χ0) is 19.6. The van der Waals surface area contributed by atoms with Gasteiger partial charge in [0, 0.05) is 45.8 Å². The minimum atomic E-state index is 0.185. The lowest BCUT2D eigenvalue weighted by atomic mass is 10.0. The molecule has 2 aliphatic heterocycles. The molecule has 0 radical (unpaired) electrons. The summed E-state index contributed by atoms with van der Waals surface area (Å²) in [4.78, 5) is 23.3. The SMILES string of the molecule is CCNC(=NCC1CCCCN1CC)NC1CCN(CC(=O)N(C)C)CC1. The molecule has 2 aliphatic rings. The van der Waals surface area contributed by atoms with Gasteiger partial charge in [-0.05, 0) is 45.7 Å². The van der Waals surface area contributed by atoms with E-state index >= 15 is 0 Å². The molecule has 1 atom stereocenters. The summed E-state index contributed by atoms with van der Waals surface area (Å²) in [5.74, 6) is 1.13. The van der Waals surface area contributed by atoms with Crippen LogP contribution in [0.5, 0.6) is 0 Å². The van der Waals surface area contributed by atoms with Gasteiger partial charge < -0.3 is 15.5 Å². The molecule has 1 amide bonds. The van der Waals surface area contributed by atoms with E-state index in [4.69, 9.17) is 4.99 Å². The second kappa shape index (κ2) is 11.5. The number of nitrogens with one attached hydrogen (secondary N) is 2. The van der Waals surface area contributed by atoms with Crippen molar-refractivity contribution in [3.8, 4) is 0 Å². The fraction of sp³-hybridized carbons (Fsp3) is 0.900. The van der Waals surface area contributed by atoms with Gasteiger partial charge in [-0.25, -0.2) is 0 Å². The normalized spacial score (nSPS) is 23.3. The highest BCUT2D eigenvalue weighted by atomic mass is 16.2. The highest BCUT2D eigenvalue weighted by Crippen LogP contribution is 2.17. The summed E-state index contributed by atoms with van der Waals surface area (Å²) in [5, 5.41) is 7.03. The van der Waals surface area contributed by atoms with E-state index in [0.717, 1.165) is 51.5 Å². The summed E-state index contributed by atoms with van der Waals surface area (Å²) in [5.41, 5.74) is 0. The first-order chi connectivity index (χ1) is 13.0. The Hall–Kier alpha value is -1.34. The number of nitrogens with zero attached hydrogens (tertiary/aromatic N) is 4. The zero-order valence-corrected chi connectivity index (χ0v) is 17.8. The van der Waals surface area contributed by atoms with E-state index in [1.165, 1.54) is 25.8 Å². The molecule has 27 heavy (non-hydrogen) atoms. The van der Waals surface area contributed by atoms with Crippen molar-refractivity contribution in [3.63, 3.8) is 0 Å². The predicted molar refractivity (Wildman–Crippen MR) is 112 cm³/mol. The maximum atomic E-state index is 11.9. The number of aliphatic imine (C=N–C) groups is 1. The molecule has 7 heteroatoms. The van der Waals surface area contributed by atoms with E-state index in [2.05, 4.69) is 34.3 Å². The van der Waals surface area contributed by atoms with Crippen LogP contribution in [-0.4, -0.2) is 98.6 Å². The first kappa shape index (κ1) is 22.0. The Morgan fingerprint density at radius 3 is 2.48 bits per heavy atom. The Labute approximate surface area is 165 Å². The monoisotopic (exact) mass is 380 g/mol. The number of guanidine groups is 1. The summed E-state index contributed by atoms with van der Waals surface area (Å²) in [7, 11) is 3.64. The van der Waals surface area contributed by atoms with Gasteiger partial charge in [0.2, 0.25) is 5.91 Å². The Balaban J connectivity index is 1.81. The van der Waals surface area contributed by atoms with Gasteiger partial charge in [-0.1, -0.05) is 13.3 Å². The molecule has 0 bridgehead atoms. The molecule has 0 aromatic heterocycles. The molecule has 2 rings (SSSR count). The summed E-state index contributed by atoms with van der Waals surface area (Å²) >= 11 is 0. The van der Waals surface area contributed by atoms with Crippen molar-refractivity contribution in [3.05, 3.63) is 0 Å². The first-order valence-electron chi connectivity index (χ1n) is 10.7. The topological polar surface area (TPSA) is 63.2 Å². The molecule has 2 saturated heterocycles. The number of rotatable bonds is 7. The van der Waals surface area contributed by atoms with E-state index < -0.39 is 0 Å². The van der Waals surface area contributed by atoms with Crippen LogP contribution in [0.1, 0.15) is 46.0 Å². The van der Waals surface area contributed by atoms with Crippen molar-refractivity contribution < 1.29 is 4.79 Å². The minimum Gasteiger partial charge on any atom is -0.357 e. The number of carbonyl (C=O) groups excluding carboxylic acids is 1. The maximum absolute atomic E-state index is 11.9. The molecule has 7 nitrogen and oxygen atoms in total. The van der Waals surface area contributed by atoms with E-state index in [-0.39, 0.29) is 5.91 Å². The third kappa shape index (κ3) is 7.30. The van der Waals surface area contributed by atoms with Crippen molar-refractivity contribution in [2.45, 2.75) is 58.0 Å². The fourth-order valence-corrected chi connectivity index (χ4v) is 3.96. The van der Waals surface area contributed by atoms with Crippen LogP contribution in [0.2, 0.25) is 0 Å². The molecular weight excluding hydrogens is 340 g/mol. The van der Waals surface area contributed by atoms with Crippen LogP contribution in [0.15, 0.2) is 4.99 Å². The van der Waals surface area contributed by atoms with Crippen LogP contribution in [0.25, 0.3) is 0 Å². The number of carbonyl (C=O) groups is 1. The van der Waals surface area contributed by atoms with E-state index in [9.17, 15) is 4.79 Å². The molecule has 156 valence electrons. The molecule has 2 heterocycles. The number of piperidine rings is 2. The quantitative estimate of drug-likeness (QED) is 0.509. The second-order valence-electron chi connectivity index (χ2n) is 7.98. The van der Waals surface area contributed by atoms with Crippen LogP contribution in [0.4, 0.5) is 0 Å². The molecule has 0 saturated carbocycles. The van der Waals surface area contributed by atoms with Gasteiger partial charge in [0.05, 0.1) is 13.1 Å². The van der Waals surface area contributed by atoms with Crippen molar-refractivity contribution in [2.24, 2.45) is 4.99 Å². The molecule has 2 fully saturated rings. The summed E-state index contributed by atoms with van der Waals surface area (Å²) in [6, 6.07) is 1.01. The fourth-order valence-electron chi connectivity index (χ4n) is 3.96. The van der Waals surface area contributed by atoms with Crippen LogP contribution in [-0.2, 0) is 4.79 Å². The third-order valence-electron chi connectivity index (χ3n) is 5.75. The first-order valence-corrected chi connectivity index (χ1v) is 10.7. The zero-order valence-electron chi connectivity index (χ0n) is 17.8. The highest BCUT2D eigenvalue weighted by molar-refractivity contribution is 5.80. The third-order valence-corrected chi connectivity index (χ3v) is 5.75. The largest absolute Gasteiger partial charge is 0.357 e. The van der Waals surface area contributed by atoms with Crippen LogP contribution in [0, 0.1) is 0 Å².